The van der Waals surface area contributed by atoms with Crippen molar-refractivity contribution in [1.29, 1.82) is 0 Å². The molecule has 0 radical (unpaired) electrons. The van der Waals surface area contributed by atoms with E-state index in [9.17, 15) is 39.2 Å². The lowest BCUT2D eigenvalue weighted by Crippen LogP contribution is -2.37. The molecule has 0 aromatic carbocycles. The molecule has 1 aliphatic carbocycles. The number of Topliss-reactive ketones (excluding diaryl/α,β-unsaturated/α-hetero) is 1. The van der Waals surface area contributed by atoms with Crippen LogP contribution in [0.4, 0.5) is 0 Å². The topological polar surface area (TPSA) is 189 Å². The van der Waals surface area contributed by atoms with Crippen LogP contribution in [-0.4, -0.2) is 109 Å². The van der Waals surface area contributed by atoms with E-state index in [0.29, 0.717) is 36.7 Å². The lowest BCUT2D eigenvalue weighted by Gasteiger charge is -2.28. The van der Waals surface area contributed by atoms with Gasteiger partial charge in [0.1, 0.15) is 25.5 Å². The van der Waals surface area contributed by atoms with Gasteiger partial charge in [-0.15, -0.1) is 0 Å². The first-order chi connectivity index (χ1) is 28.6. The van der Waals surface area contributed by atoms with E-state index in [0.717, 1.165) is 70.6 Å². The Labute approximate surface area is 361 Å². The Bertz CT molecular complexity index is 1340. The fourth-order valence-electron chi connectivity index (χ4n) is 6.72. The highest BCUT2D eigenvalue weighted by Gasteiger charge is 2.41. The summed E-state index contributed by atoms with van der Waals surface area (Å²) in [4.78, 5) is 50.7. The number of allylic oxidation sites excluding steroid dienone is 6. The third-order valence-electron chi connectivity index (χ3n) is 10.3. The van der Waals surface area contributed by atoms with Gasteiger partial charge in [-0.25, -0.2) is 0 Å². The summed E-state index contributed by atoms with van der Waals surface area (Å²) in [5.41, 5.74) is 0. The smallest absolute Gasteiger partial charge is 0.306 e. The second-order valence-corrected chi connectivity index (χ2v) is 18.4. The molecular formula is C46H80NO12P. The molecule has 1 rings (SSSR count). The first-order valence-electron chi connectivity index (χ1n) is 22.5. The van der Waals surface area contributed by atoms with Gasteiger partial charge in [-0.2, -0.15) is 0 Å². The minimum atomic E-state index is -4.74. The van der Waals surface area contributed by atoms with E-state index in [2.05, 4.69) is 50.3 Å². The van der Waals surface area contributed by atoms with E-state index in [-0.39, 0.29) is 51.1 Å². The van der Waals surface area contributed by atoms with Gasteiger partial charge >= 0.3 is 11.9 Å². The third-order valence-corrected chi connectivity index (χ3v) is 11.3. The standard InChI is InChI=1S/C46H80NO12P/c1-6-8-10-11-12-13-14-15-16-17-18-19-20-21-23-28-45(52)56-36-40(37-58-60(54,55)57-33-32-47(3,4)5)59-46(53)29-25-24-27-39(49)34-42-41(43(50)35-44(42)51)31-30-38(48)26-22-9-7-2/h8,10,12-13,15-16,30-31,38,40-44,48,50-51H,6-7,9,11,14,17-29,32-37H2,1-5H3/b10-8-,13-12-,16-15-,31-30+/t38-,40+,41+,42+,43+,44-/m0/s1. The number of hydrogen-bond donors (Lipinski definition) is 3. The monoisotopic (exact) mass is 870 g/mol. The molecular weight excluding hydrogens is 789 g/mol. The van der Waals surface area contributed by atoms with Crippen molar-refractivity contribution in [3.63, 3.8) is 0 Å². The van der Waals surface area contributed by atoms with Crippen LogP contribution in [0.2, 0.25) is 0 Å². The number of carbonyl (C=O) groups excluding carboxylic acids is 3. The Morgan fingerprint density at radius 2 is 1.42 bits per heavy atom. The average Bonchev–Trinajstić information content (AvgIpc) is 3.44. The fourth-order valence-corrected chi connectivity index (χ4v) is 7.45. The van der Waals surface area contributed by atoms with Gasteiger partial charge in [0.25, 0.3) is 7.82 Å². The summed E-state index contributed by atoms with van der Waals surface area (Å²) in [5.74, 6) is -2.18. The van der Waals surface area contributed by atoms with Crippen LogP contribution in [0.3, 0.4) is 0 Å². The van der Waals surface area contributed by atoms with Gasteiger partial charge in [0.15, 0.2) is 6.10 Å². The van der Waals surface area contributed by atoms with E-state index in [1.54, 1.807) is 12.2 Å². The number of likely N-dealkylation sites (N-methyl/N-ethyl adjacent to an activating group) is 1. The number of hydrogen-bond acceptors (Lipinski definition) is 12. The molecule has 14 heteroatoms. The van der Waals surface area contributed by atoms with Crippen LogP contribution >= 0.6 is 7.82 Å². The van der Waals surface area contributed by atoms with Crippen LogP contribution in [0.25, 0.3) is 0 Å². The number of ketones is 1. The van der Waals surface area contributed by atoms with Crippen molar-refractivity contribution >= 4 is 25.5 Å². The first-order valence-corrected chi connectivity index (χ1v) is 24.0. The number of ether oxygens (including phenoxy) is 2. The molecule has 0 heterocycles. The van der Waals surface area contributed by atoms with Crippen LogP contribution in [-0.2, 0) is 37.5 Å². The molecule has 0 aromatic heterocycles. The van der Waals surface area contributed by atoms with Crippen LogP contribution in [0, 0.1) is 11.8 Å². The summed E-state index contributed by atoms with van der Waals surface area (Å²) in [7, 11) is 0.919. The van der Waals surface area contributed by atoms with Crippen LogP contribution < -0.4 is 4.89 Å². The highest BCUT2D eigenvalue weighted by molar-refractivity contribution is 7.45. The molecule has 1 unspecified atom stereocenters. The Balaban J connectivity index is 2.54. The lowest BCUT2D eigenvalue weighted by atomic mass is 9.87. The minimum Gasteiger partial charge on any atom is -0.756 e. The number of nitrogens with zero attached hydrogens (tertiary/aromatic N) is 1. The van der Waals surface area contributed by atoms with Gasteiger partial charge in [-0.05, 0) is 57.8 Å². The number of aliphatic hydroxyl groups excluding tert-OH is 3. The molecule has 0 saturated heterocycles. The molecule has 60 heavy (non-hydrogen) atoms. The summed E-state index contributed by atoms with van der Waals surface area (Å²) in [6, 6.07) is 0. The van der Waals surface area contributed by atoms with Crippen molar-refractivity contribution in [2.75, 3.05) is 47.5 Å². The molecule has 0 spiro atoms. The van der Waals surface area contributed by atoms with E-state index >= 15 is 0 Å². The maximum Gasteiger partial charge on any atom is 0.306 e. The van der Waals surface area contributed by atoms with Crippen molar-refractivity contribution < 1.29 is 62.2 Å². The number of phosphoric ester groups is 1. The Morgan fingerprint density at radius 3 is 2.12 bits per heavy atom. The van der Waals surface area contributed by atoms with Gasteiger partial charge in [0, 0.05) is 43.9 Å². The molecule has 0 aromatic rings. The van der Waals surface area contributed by atoms with E-state index in [1.165, 1.54) is 0 Å². The SMILES string of the molecule is CC/C=C\C/C=C\C/C=C\CCCCCCCC(=O)OC[C@H](COP(=O)([O-])OCC[N+](C)(C)C)OC(=O)CCCCC(=O)C[C@@H]1[C@@H](/C=C/[C@@H](O)CCCCC)[C@H](O)C[C@@H]1O. The molecule has 13 nitrogen and oxygen atoms in total. The number of esters is 2. The number of rotatable bonds is 36. The molecule has 346 valence electrons. The molecule has 3 N–H and O–H groups in total. The Hall–Kier alpha value is -2.48. The van der Waals surface area contributed by atoms with Gasteiger partial charge in [-0.1, -0.05) is 101 Å². The maximum atomic E-state index is 12.9. The van der Waals surface area contributed by atoms with E-state index < -0.39 is 62.6 Å². The third kappa shape index (κ3) is 29.7. The number of quaternary nitrogens is 1. The maximum absolute atomic E-state index is 12.9. The zero-order valence-electron chi connectivity index (χ0n) is 37.5. The summed E-state index contributed by atoms with van der Waals surface area (Å²) in [6.07, 6.45) is 26.3. The summed E-state index contributed by atoms with van der Waals surface area (Å²) >= 11 is 0. The van der Waals surface area contributed by atoms with Crippen LogP contribution in [0.1, 0.15) is 142 Å². The minimum absolute atomic E-state index is 0.0637. The second-order valence-electron chi connectivity index (χ2n) is 17.0. The average molecular weight is 870 g/mol. The van der Waals surface area contributed by atoms with Crippen LogP contribution in [0.5, 0.6) is 0 Å². The molecule has 0 bridgehead atoms. The van der Waals surface area contributed by atoms with Crippen molar-refractivity contribution in [1.82, 2.24) is 0 Å². The normalized spacial score (nSPS) is 20.7. The zero-order chi connectivity index (χ0) is 44.7. The molecule has 1 fully saturated rings. The molecule has 1 aliphatic rings. The second kappa shape index (κ2) is 33.1. The van der Waals surface area contributed by atoms with Crippen molar-refractivity contribution in [2.45, 2.75) is 167 Å². The fraction of sp³-hybridized carbons (Fsp3) is 0.761. The van der Waals surface area contributed by atoms with Gasteiger partial charge in [0.2, 0.25) is 0 Å². The predicted molar refractivity (Wildman–Crippen MR) is 234 cm³/mol. The van der Waals surface area contributed by atoms with Crippen LogP contribution in [0.15, 0.2) is 48.6 Å². The van der Waals surface area contributed by atoms with Crippen molar-refractivity contribution in [3.8, 4) is 0 Å². The van der Waals surface area contributed by atoms with Gasteiger partial charge < -0.3 is 43.2 Å². The Morgan fingerprint density at radius 1 is 0.783 bits per heavy atom. The van der Waals surface area contributed by atoms with E-state index in [1.807, 2.05) is 21.1 Å². The van der Waals surface area contributed by atoms with E-state index in [4.69, 9.17) is 18.5 Å². The largest absolute Gasteiger partial charge is 0.756 e. The highest BCUT2D eigenvalue weighted by Crippen LogP contribution is 2.39. The van der Waals surface area contributed by atoms with Gasteiger partial charge in [0.05, 0.1) is 46.1 Å². The molecule has 1 saturated carbocycles. The predicted octanol–water partition coefficient (Wildman–Crippen LogP) is 7.61. The molecule has 0 amide bonds. The quantitative estimate of drug-likeness (QED) is 0.0184. The zero-order valence-corrected chi connectivity index (χ0v) is 38.4. The summed E-state index contributed by atoms with van der Waals surface area (Å²) in [5, 5.41) is 31.4. The number of carbonyl (C=O) groups is 3. The number of phosphoric acid groups is 1. The highest BCUT2D eigenvalue weighted by atomic mass is 31.2. The number of unbranched alkanes of at least 4 members (excludes halogenated alkanes) is 8. The lowest BCUT2D eigenvalue weighted by molar-refractivity contribution is -0.870. The van der Waals surface area contributed by atoms with Gasteiger partial charge in [-0.3, -0.25) is 18.9 Å². The molecule has 7 atom stereocenters. The first kappa shape index (κ1) is 55.5. The van der Waals surface area contributed by atoms with Crippen molar-refractivity contribution in [2.24, 2.45) is 11.8 Å². The summed E-state index contributed by atoms with van der Waals surface area (Å²) in [6.45, 7) is 3.53. The number of aliphatic hydroxyl groups is 3. The summed E-state index contributed by atoms with van der Waals surface area (Å²) < 4.78 is 33.7. The Kier molecular flexibility index (Phi) is 30.7. The molecule has 0 aliphatic heterocycles. The van der Waals surface area contributed by atoms with Crippen molar-refractivity contribution in [3.05, 3.63) is 48.6 Å².